The van der Waals surface area contributed by atoms with E-state index < -0.39 is 5.82 Å². The molecule has 0 aliphatic carbocycles. The molecule has 1 heterocycles. The van der Waals surface area contributed by atoms with Crippen LogP contribution in [0.4, 0.5) is 4.39 Å². The first-order valence-electron chi connectivity index (χ1n) is 6.81. The van der Waals surface area contributed by atoms with Crippen molar-refractivity contribution in [1.29, 1.82) is 0 Å². The first kappa shape index (κ1) is 16.5. The Morgan fingerprint density at radius 3 is 2.92 bits per heavy atom. The molecular formula is C15H10BrClFN5O. The minimum atomic E-state index is -0.404. The minimum absolute atomic E-state index is 0.0607. The number of nitrogens with zero attached hydrogens (tertiary/aromatic N) is 4. The number of aromatic nitrogens is 4. The quantitative estimate of drug-likeness (QED) is 0.717. The maximum atomic E-state index is 13.3. The van der Waals surface area contributed by atoms with Crippen LogP contribution in [0.15, 0.2) is 46.9 Å². The number of hydrogen-bond acceptors (Lipinski definition) is 4. The highest BCUT2D eigenvalue weighted by Gasteiger charge is 2.14. The highest BCUT2D eigenvalue weighted by molar-refractivity contribution is 9.10. The molecule has 24 heavy (non-hydrogen) atoms. The van der Waals surface area contributed by atoms with E-state index >= 15 is 0 Å². The van der Waals surface area contributed by atoms with E-state index in [1.807, 2.05) is 0 Å². The second-order valence-corrected chi connectivity index (χ2v) is 6.12. The molecule has 1 aromatic heterocycles. The zero-order valence-electron chi connectivity index (χ0n) is 12.1. The van der Waals surface area contributed by atoms with Gasteiger partial charge in [-0.05, 0) is 46.8 Å². The lowest BCUT2D eigenvalue weighted by molar-refractivity contribution is 0.0949. The summed E-state index contributed by atoms with van der Waals surface area (Å²) in [5.41, 5.74) is 0.792. The number of rotatable bonds is 4. The molecule has 0 aliphatic heterocycles. The number of nitrogens with one attached hydrogen (secondary N) is 1. The summed E-state index contributed by atoms with van der Waals surface area (Å²) in [6, 6.07) is 10.8. The van der Waals surface area contributed by atoms with Crippen LogP contribution in [0.5, 0.6) is 0 Å². The van der Waals surface area contributed by atoms with E-state index in [-0.39, 0.29) is 12.5 Å². The van der Waals surface area contributed by atoms with E-state index in [4.69, 9.17) is 11.6 Å². The maximum absolute atomic E-state index is 13.3. The van der Waals surface area contributed by atoms with Gasteiger partial charge in [0.2, 0.25) is 0 Å². The smallest absolute Gasteiger partial charge is 0.253 e. The third kappa shape index (κ3) is 3.60. The summed E-state index contributed by atoms with van der Waals surface area (Å²) in [6.07, 6.45) is 0. The number of carbonyl (C=O) groups excluding carboxylic acids is 1. The second-order valence-electron chi connectivity index (χ2n) is 4.79. The largest absolute Gasteiger partial charge is 0.345 e. The summed E-state index contributed by atoms with van der Waals surface area (Å²) in [5.74, 6) is -0.408. The van der Waals surface area contributed by atoms with Crippen LogP contribution in [-0.4, -0.2) is 26.1 Å². The lowest BCUT2D eigenvalue weighted by atomic mass is 10.2. The van der Waals surface area contributed by atoms with E-state index in [1.165, 1.54) is 16.8 Å². The Morgan fingerprint density at radius 1 is 1.29 bits per heavy atom. The van der Waals surface area contributed by atoms with Gasteiger partial charge >= 0.3 is 0 Å². The molecular weight excluding hydrogens is 401 g/mol. The molecule has 2 aromatic carbocycles. The molecule has 0 saturated heterocycles. The van der Waals surface area contributed by atoms with Crippen molar-refractivity contribution in [2.45, 2.75) is 6.54 Å². The van der Waals surface area contributed by atoms with Crippen molar-refractivity contribution in [3.05, 3.63) is 69.2 Å². The highest BCUT2D eigenvalue weighted by atomic mass is 79.9. The van der Waals surface area contributed by atoms with Crippen molar-refractivity contribution < 1.29 is 9.18 Å². The van der Waals surface area contributed by atoms with E-state index in [1.54, 1.807) is 30.3 Å². The van der Waals surface area contributed by atoms with Crippen LogP contribution in [0, 0.1) is 5.82 Å². The monoisotopic (exact) mass is 409 g/mol. The van der Waals surface area contributed by atoms with Gasteiger partial charge in [-0.2, -0.15) is 4.68 Å². The van der Waals surface area contributed by atoms with Crippen LogP contribution in [0.1, 0.15) is 16.2 Å². The molecule has 1 amide bonds. The van der Waals surface area contributed by atoms with Crippen LogP contribution in [0.25, 0.3) is 5.69 Å². The molecule has 9 heteroatoms. The fourth-order valence-corrected chi connectivity index (χ4v) is 2.61. The number of hydrogen-bond donors (Lipinski definition) is 1. The van der Waals surface area contributed by atoms with Crippen LogP contribution in [0.3, 0.4) is 0 Å². The van der Waals surface area contributed by atoms with Crippen LogP contribution in [0.2, 0.25) is 5.02 Å². The Morgan fingerprint density at radius 2 is 2.12 bits per heavy atom. The Hall–Kier alpha value is -2.32. The molecule has 3 rings (SSSR count). The van der Waals surface area contributed by atoms with E-state index in [0.717, 1.165) is 4.47 Å². The third-order valence-corrected chi connectivity index (χ3v) is 3.99. The lowest BCUT2D eigenvalue weighted by Crippen LogP contribution is -2.25. The van der Waals surface area contributed by atoms with Gasteiger partial charge < -0.3 is 5.32 Å². The number of benzene rings is 2. The molecule has 0 bridgehead atoms. The average Bonchev–Trinajstić information content (AvgIpc) is 3.03. The number of halogens is 3. The fourth-order valence-electron chi connectivity index (χ4n) is 2.05. The molecule has 0 spiro atoms. The minimum Gasteiger partial charge on any atom is -0.345 e. The first-order chi connectivity index (χ1) is 11.5. The zero-order chi connectivity index (χ0) is 17.1. The molecule has 0 saturated carbocycles. The molecule has 122 valence electrons. The zero-order valence-corrected chi connectivity index (χ0v) is 14.4. The van der Waals surface area contributed by atoms with Crippen LogP contribution >= 0.6 is 27.5 Å². The fraction of sp³-hybridized carbons (Fsp3) is 0.0667. The Labute approximate surface area is 149 Å². The van der Waals surface area contributed by atoms with Gasteiger partial charge in [-0.3, -0.25) is 4.79 Å². The van der Waals surface area contributed by atoms with Crippen molar-refractivity contribution in [3.63, 3.8) is 0 Å². The van der Waals surface area contributed by atoms with Gasteiger partial charge in [-0.1, -0.05) is 33.6 Å². The molecule has 0 aliphatic rings. The van der Waals surface area contributed by atoms with E-state index in [9.17, 15) is 9.18 Å². The van der Waals surface area contributed by atoms with Crippen molar-refractivity contribution >= 4 is 33.4 Å². The van der Waals surface area contributed by atoms with Crippen molar-refractivity contribution in [2.24, 2.45) is 0 Å². The van der Waals surface area contributed by atoms with Crippen LogP contribution in [-0.2, 0) is 6.54 Å². The SMILES string of the molecule is O=C(NCc1nnnn1-c1cccc(F)c1)c1cc(Br)ccc1Cl. The van der Waals surface area contributed by atoms with Gasteiger partial charge in [0.1, 0.15) is 5.82 Å². The highest BCUT2D eigenvalue weighted by Crippen LogP contribution is 2.21. The predicted molar refractivity (Wildman–Crippen MR) is 89.4 cm³/mol. The summed E-state index contributed by atoms with van der Waals surface area (Å²) in [4.78, 5) is 12.3. The van der Waals surface area contributed by atoms with Gasteiger partial charge in [0.05, 0.1) is 22.8 Å². The first-order valence-corrected chi connectivity index (χ1v) is 7.98. The van der Waals surface area contributed by atoms with E-state index in [2.05, 4.69) is 36.8 Å². The molecule has 0 radical (unpaired) electrons. The molecule has 0 fully saturated rings. The number of carbonyl (C=O) groups is 1. The summed E-state index contributed by atoms with van der Waals surface area (Å²) in [6.45, 7) is 0.0607. The normalized spacial score (nSPS) is 10.6. The van der Waals surface area contributed by atoms with Gasteiger partial charge in [0.25, 0.3) is 5.91 Å². The maximum Gasteiger partial charge on any atom is 0.253 e. The molecule has 0 unspecified atom stereocenters. The molecule has 3 aromatic rings. The van der Waals surface area contributed by atoms with E-state index in [0.29, 0.717) is 22.1 Å². The summed E-state index contributed by atoms with van der Waals surface area (Å²) < 4.78 is 15.4. The van der Waals surface area contributed by atoms with Gasteiger partial charge in [-0.15, -0.1) is 5.10 Å². The van der Waals surface area contributed by atoms with Crippen molar-refractivity contribution in [1.82, 2.24) is 25.5 Å². The topological polar surface area (TPSA) is 72.7 Å². The Bertz CT molecular complexity index is 901. The van der Waals surface area contributed by atoms with Gasteiger partial charge in [0.15, 0.2) is 5.82 Å². The van der Waals surface area contributed by atoms with Crippen LogP contribution < -0.4 is 5.32 Å². The van der Waals surface area contributed by atoms with Gasteiger partial charge in [0, 0.05) is 4.47 Å². The summed E-state index contributed by atoms with van der Waals surface area (Å²) in [5, 5.41) is 14.3. The van der Waals surface area contributed by atoms with Crippen molar-refractivity contribution in [3.8, 4) is 5.69 Å². The van der Waals surface area contributed by atoms with Gasteiger partial charge in [-0.25, -0.2) is 4.39 Å². The third-order valence-electron chi connectivity index (χ3n) is 3.17. The number of tetrazole rings is 1. The average molecular weight is 411 g/mol. The standard InChI is InChI=1S/C15H10BrClFN5O/c16-9-4-5-13(17)12(6-9)15(24)19-8-14-20-21-22-23(14)11-3-1-2-10(18)7-11/h1-7H,8H2,(H,19,24). The molecule has 6 nitrogen and oxygen atoms in total. The Kier molecular flexibility index (Phi) is 4.86. The lowest BCUT2D eigenvalue weighted by Gasteiger charge is -2.08. The Balaban J connectivity index is 1.77. The van der Waals surface area contributed by atoms with Crippen molar-refractivity contribution in [2.75, 3.05) is 0 Å². The summed E-state index contributed by atoms with van der Waals surface area (Å²) >= 11 is 9.32. The molecule has 1 N–H and O–H groups in total. The molecule has 0 atom stereocenters. The predicted octanol–water partition coefficient (Wildman–Crippen LogP) is 3.15. The second kappa shape index (κ2) is 7.06. The number of amides is 1. The summed E-state index contributed by atoms with van der Waals surface area (Å²) in [7, 11) is 0.